The van der Waals surface area contributed by atoms with Crippen LogP contribution in [-0.4, -0.2) is 26.5 Å². The van der Waals surface area contributed by atoms with Crippen molar-refractivity contribution in [1.82, 2.24) is 5.32 Å². The molecule has 1 aliphatic heterocycles. The summed E-state index contributed by atoms with van der Waals surface area (Å²) in [6.45, 7) is 7.51. The number of sulfonamides is 1. The van der Waals surface area contributed by atoms with Gasteiger partial charge in [0.1, 0.15) is 17.9 Å². The second-order valence-corrected chi connectivity index (χ2v) is 11.2. The molecule has 1 aliphatic rings. The second-order valence-electron chi connectivity index (χ2n) is 9.32. The molecule has 7 heteroatoms. The number of hydrogen-bond acceptors (Lipinski definition) is 4. The molecular weight excluding hydrogens is 448 g/mol. The molecule has 1 N–H and O–H groups in total. The Kier molecular flexibility index (Phi) is 6.41. The summed E-state index contributed by atoms with van der Waals surface area (Å²) in [4.78, 5) is 13.4. The zero-order chi connectivity index (χ0) is 24.5. The minimum atomic E-state index is -3.96. The number of aryl methyl sites for hydroxylation is 2. The van der Waals surface area contributed by atoms with Gasteiger partial charge < -0.3 is 10.1 Å². The van der Waals surface area contributed by atoms with Crippen molar-refractivity contribution in [3.63, 3.8) is 0 Å². The minimum absolute atomic E-state index is 0.138. The fraction of sp³-hybridized carbons (Fsp3) is 0.296. The molecule has 0 aromatic heterocycles. The standard InChI is InChI=1S/C27H30N2O4S/c1-19-14-15-21(16-20(19)2)29(34(31,32)22-10-6-5-7-11-22)18-26(30)28-24-17-27(3,4)33-25-13-9-8-12-23(24)25/h5-16,24H,17-18H2,1-4H3,(H,28,30). The van der Waals surface area contributed by atoms with Crippen LogP contribution in [0.2, 0.25) is 0 Å². The van der Waals surface area contributed by atoms with E-state index in [1.807, 2.05) is 58.0 Å². The third-order valence-corrected chi connectivity index (χ3v) is 7.90. The number of fused-ring (bicyclic) bond motifs is 1. The van der Waals surface area contributed by atoms with Crippen molar-refractivity contribution in [2.24, 2.45) is 0 Å². The maximum absolute atomic E-state index is 13.6. The summed E-state index contributed by atoms with van der Waals surface area (Å²) in [5.41, 5.74) is 2.88. The van der Waals surface area contributed by atoms with Gasteiger partial charge in [0, 0.05) is 12.0 Å². The monoisotopic (exact) mass is 478 g/mol. The van der Waals surface area contributed by atoms with E-state index in [9.17, 15) is 13.2 Å². The Labute approximate surface area is 201 Å². The van der Waals surface area contributed by atoms with E-state index >= 15 is 0 Å². The van der Waals surface area contributed by atoms with Crippen molar-refractivity contribution in [3.8, 4) is 5.75 Å². The highest BCUT2D eigenvalue weighted by atomic mass is 32.2. The number of nitrogens with zero attached hydrogens (tertiary/aromatic N) is 1. The van der Waals surface area contributed by atoms with Crippen molar-refractivity contribution in [1.29, 1.82) is 0 Å². The van der Waals surface area contributed by atoms with Gasteiger partial charge in [-0.05, 0) is 69.2 Å². The number of amides is 1. The molecule has 34 heavy (non-hydrogen) atoms. The molecule has 6 nitrogen and oxygen atoms in total. The van der Waals surface area contributed by atoms with Crippen LogP contribution in [0.15, 0.2) is 77.7 Å². The summed E-state index contributed by atoms with van der Waals surface area (Å²) in [6, 6.07) is 20.9. The molecule has 0 fully saturated rings. The lowest BCUT2D eigenvalue weighted by Crippen LogP contribution is -2.45. The zero-order valence-electron chi connectivity index (χ0n) is 19.9. The minimum Gasteiger partial charge on any atom is -0.487 e. The number of benzene rings is 3. The smallest absolute Gasteiger partial charge is 0.264 e. The second kappa shape index (κ2) is 9.14. The number of ether oxygens (including phenoxy) is 1. The SMILES string of the molecule is Cc1ccc(N(CC(=O)NC2CC(C)(C)Oc3ccccc32)S(=O)(=O)c2ccccc2)cc1C. The molecule has 0 spiro atoms. The molecule has 0 saturated heterocycles. The molecule has 1 amide bonds. The first-order valence-electron chi connectivity index (χ1n) is 11.3. The lowest BCUT2D eigenvalue weighted by Gasteiger charge is -2.38. The Morgan fingerprint density at radius 1 is 1.00 bits per heavy atom. The van der Waals surface area contributed by atoms with Gasteiger partial charge in [0.05, 0.1) is 16.6 Å². The summed E-state index contributed by atoms with van der Waals surface area (Å²) < 4.78 is 34.4. The average Bonchev–Trinajstić information content (AvgIpc) is 2.79. The maximum Gasteiger partial charge on any atom is 0.264 e. The van der Waals surface area contributed by atoms with Gasteiger partial charge in [-0.25, -0.2) is 8.42 Å². The van der Waals surface area contributed by atoms with Crippen LogP contribution in [0.25, 0.3) is 0 Å². The van der Waals surface area contributed by atoms with Crippen LogP contribution in [0.1, 0.15) is 43.0 Å². The maximum atomic E-state index is 13.6. The fourth-order valence-corrected chi connectivity index (χ4v) is 5.65. The number of para-hydroxylation sites is 1. The van der Waals surface area contributed by atoms with Crippen molar-refractivity contribution in [2.75, 3.05) is 10.8 Å². The van der Waals surface area contributed by atoms with Crippen LogP contribution in [-0.2, 0) is 14.8 Å². The highest BCUT2D eigenvalue weighted by Crippen LogP contribution is 2.39. The van der Waals surface area contributed by atoms with Gasteiger partial charge >= 0.3 is 0 Å². The molecule has 0 radical (unpaired) electrons. The van der Waals surface area contributed by atoms with Crippen LogP contribution < -0.4 is 14.4 Å². The largest absolute Gasteiger partial charge is 0.487 e. The quantitative estimate of drug-likeness (QED) is 0.546. The van der Waals surface area contributed by atoms with Crippen molar-refractivity contribution in [2.45, 2.75) is 50.7 Å². The molecule has 3 aromatic carbocycles. The molecule has 0 aliphatic carbocycles. The van der Waals surface area contributed by atoms with Crippen LogP contribution in [0, 0.1) is 13.8 Å². The van der Waals surface area contributed by atoms with Crippen LogP contribution in [0.4, 0.5) is 5.69 Å². The van der Waals surface area contributed by atoms with Crippen molar-refractivity contribution >= 4 is 21.6 Å². The Morgan fingerprint density at radius 2 is 1.68 bits per heavy atom. The van der Waals surface area contributed by atoms with Crippen LogP contribution in [0.5, 0.6) is 5.75 Å². The van der Waals surface area contributed by atoms with Crippen LogP contribution >= 0.6 is 0 Å². The normalized spacial score (nSPS) is 16.8. The van der Waals surface area contributed by atoms with Crippen LogP contribution in [0.3, 0.4) is 0 Å². The molecule has 1 heterocycles. The van der Waals surface area contributed by atoms with Gasteiger partial charge in [0.15, 0.2) is 0 Å². The number of carbonyl (C=O) groups is 1. The van der Waals surface area contributed by atoms with E-state index in [-0.39, 0.29) is 23.4 Å². The predicted octanol–water partition coefficient (Wildman–Crippen LogP) is 4.92. The molecule has 178 valence electrons. The van der Waals surface area contributed by atoms with E-state index < -0.39 is 15.6 Å². The molecule has 4 rings (SSSR count). The average molecular weight is 479 g/mol. The van der Waals surface area contributed by atoms with E-state index in [1.54, 1.807) is 42.5 Å². The summed E-state index contributed by atoms with van der Waals surface area (Å²) in [6.07, 6.45) is 0.574. The molecule has 1 atom stereocenters. The number of anilines is 1. The van der Waals surface area contributed by atoms with Gasteiger partial charge in [0.2, 0.25) is 5.91 Å². The molecule has 0 bridgehead atoms. The van der Waals surface area contributed by atoms with E-state index in [1.165, 1.54) is 4.31 Å². The lowest BCUT2D eigenvalue weighted by atomic mass is 9.89. The molecule has 3 aromatic rings. The summed E-state index contributed by atoms with van der Waals surface area (Å²) in [7, 11) is -3.96. The van der Waals surface area contributed by atoms with E-state index in [0.29, 0.717) is 12.1 Å². The van der Waals surface area contributed by atoms with E-state index in [4.69, 9.17) is 4.74 Å². The lowest BCUT2D eigenvalue weighted by molar-refractivity contribution is -0.120. The summed E-state index contributed by atoms with van der Waals surface area (Å²) in [5, 5.41) is 3.06. The first kappa shape index (κ1) is 23.8. The first-order chi connectivity index (χ1) is 16.1. The number of nitrogens with one attached hydrogen (secondary N) is 1. The Morgan fingerprint density at radius 3 is 2.38 bits per heavy atom. The third kappa shape index (κ3) is 4.94. The van der Waals surface area contributed by atoms with Gasteiger partial charge in [-0.2, -0.15) is 0 Å². The van der Waals surface area contributed by atoms with Gasteiger partial charge in [-0.3, -0.25) is 9.10 Å². The predicted molar refractivity (Wildman–Crippen MR) is 134 cm³/mol. The Bertz CT molecular complexity index is 1300. The highest BCUT2D eigenvalue weighted by molar-refractivity contribution is 7.92. The number of hydrogen-bond donors (Lipinski definition) is 1. The topological polar surface area (TPSA) is 75.7 Å². The number of rotatable bonds is 6. The number of carbonyl (C=O) groups excluding carboxylic acids is 1. The molecular formula is C27H30N2O4S. The molecule has 1 unspecified atom stereocenters. The first-order valence-corrected chi connectivity index (χ1v) is 12.7. The molecule has 0 saturated carbocycles. The summed E-state index contributed by atoms with van der Waals surface area (Å²) in [5.74, 6) is 0.349. The van der Waals surface area contributed by atoms with Crippen molar-refractivity contribution in [3.05, 3.63) is 89.5 Å². The van der Waals surface area contributed by atoms with E-state index in [2.05, 4.69) is 5.32 Å². The van der Waals surface area contributed by atoms with Gasteiger partial charge in [-0.15, -0.1) is 0 Å². The zero-order valence-corrected chi connectivity index (χ0v) is 20.7. The third-order valence-electron chi connectivity index (χ3n) is 6.11. The highest BCUT2D eigenvalue weighted by Gasteiger charge is 2.35. The summed E-state index contributed by atoms with van der Waals surface area (Å²) >= 11 is 0. The Balaban J connectivity index is 1.66. The van der Waals surface area contributed by atoms with Crippen molar-refractivity contribution < 1.29 is 17.9 Å². The van der Waals surface area contributed by atoms with Gasteiger partial charge in [-0.1, -0.05) is 42.5 Å². The van der Waals surface area contributed by atoms with Gasteiger partial charge in [0.25, 0.3) is 10.0 Å². The Hall–Kier alpha value is -3.32. The fourth-order valence-electron chi connectivity index (χ4n) is 4.22. The van der Waals surface area contributed by atoms with E-state index in [0.717, 1.165) is 22.4 Å².